The number of rotatable bonds is 20. The van der Waals surface area contributed by atoms with Crippen molar-refractivity contribution in [3.05, 3.63) is 54.7 Å². The van der Waals surface area contributed by atoms with Gasteiger partial charge < -0.3 is 61.8 Å². The van der Waals surface area contributed by atoms with Gasteiger partial charge in [0.2, 0.25) is 13.2 Å². The fourth-order valence-electron chi connectivity index (χ4n) is 6.46. The SMILES string of the molecule is Cc1nnc(SCC2=C(C(=O)[O-])N3C(=O)C(NC(=O)C(=NOCC(=O)O)c4csc(N)n4)[C@H]3SC2)s1.Cc1nnc(SCC2=C(C(=O)[O-])N3C(=O)C(NC(=O)C(=NOCC(=O)O)c4csc(N)n4)[C@H]3SC2)s1.[Na+].[Na+]. The Balaban J connectivity index is 0.000000267. The monoisotopic (exact) mass is 1190 g/mol. The fourth-order valence-corrected chi connectivity index (χ4v) is 14.2. The first kappa shape index (κ1) is 60.4. The van der Waals surface area contributed by atoms with Crippen molar-refractivity contribution < 1.29 is 128 Å². The van der Waals surface area contributed by atoms with E-state index in [9.17, 15) is 48.6 Å². The van der Waals surface area contributed by atoms with E-state index in [1.165, 1.54) is 80.5 Å². The topological polar surface area (TPSA) is 426 Å². The maximum absolute atomic E-state index is 12.9. The number of carboxylic acids is 4. The van der Waals surface area contributed by atoms with Crippen molar-refractivity contribution in [1.29, 1.82) is 0 Å². The molecule has 0 aromatic carbocycles. The summed E-state index contributed by atoms with van der Waals surface area (Å²) in [4.78, 5) is 116. The molecule has 38 heteroatoms. The third-order valence-electron chi connectivity index (χ3n) is 9.46. The van der Waals surface area contributed by atoms with Crippen LogP contribution in [0.15, 0.2) is 52.3 Å². The number of thiazole rings is 2. The number of nitrogen functional groups attached to an aromatic ring is 2. The zero-order chi connectivity index (χ0) is 52.0. The fraction of sp³-hybridized carbons (Fsp3) is 0.333. The summed E-state index contributed by atoms with van der Waals surface area (Å²) in [6.45, 7) is 2.00. The molecule has 2 fully saturated rings. The molecule has 4 aliphatic heterocycles. The Morgan fingerprint density at radius 3 is 1.38 bits per heavy atom. The summed E-state index contributed by atoms with van der Waals surface area (Å²) in [5.74, 6) is -7.48. The molecule has 380 valence electrons. The van der Waals surface area contributed by atoms with Crippen molar-refractivity contribution in [3.8, 4) is 0 Å². The Morgan fingerprint density at radius 2 is 1.08 bits per heavy atom. The molecule has 0 radical (unpaired) electrons. The number of nitrogens with zero attached hydrogens (tertiary/aromatic N) is 10. The van der Waals surface area contributed by atoms with E-state index in [2.05, 4.69) is 61.0 Å². The van der Waals surface area contributed by atoms with Gasteiger partial charge in [-0.2, -0.15) is 0 Å². The molecule has 0 aliphatic carbocycles. The van der Waals surface area contributed by atoms with E-state index in [0.29, 0.717) is 31.3 Å². The number of hydrogen-bond acceptors (Lipinski definition) is 30. The summed E-state index contributed by atoms with van der Waals surface area (Å²) in [7, 11) is 0. The summed E-state index contributed by atoms with van der Waals surface area (Å²) in [5.41, 5.74) is 11.1. The van der Waals surface area contributed by atoms with Crippen LogP contribution >= 0.6 is 92.4 Å². The molecule has 4 amide bonds. The minimum absolute atomic E-state index is 0. The molecule has 0 saturated carbocycles. The number of amides is 4. The number of hydrogen-bond donors (Lipinski definition) is 6. The van der Waals surface area contributed by atoms with Crippen LogP contribution in [0.2, 0.25) is 0 Å². The molecule has 8 N–H and O–H groups in total. The molecule has 4 aliphatic rings. The van der Waals surface area contributed by atoms with Crippen LogP contribution in [-0.4, -0.2) is 168 Å². The van der Waals surface area contributed by atoms with Gasteiger partial charge in [0.25, 0.3) is 23.6 Å². The third-order valence-corrected chi connectivity index (χ3v) is 17.6. The predicted octanol–water partition coefficient (Wildman–Crippen LogP) is -8.22. The molecule has 2 unspecified atom stereocenters. The van der Waals surface area contributed by atoms with Crippen LogP contribution in [0, 0.1) is 13.8 Å². The van der Waals surface area contributed by atoms with Crippen molar-refractivity contribution in [1.82, 2.24) is 50.8 Å². The van der Waals surface area contributed by atoms with Crippen LogP contribution in [0.4, 0.5) is 10.3 Å². The Bertz CT molecular complexity index is 2790. The minimum atomic E-state index is -1.50. The molecule has 4 aromatic heterocycles. The maximum atomic E-state index is 12.9. The summed E-state index contributed by atoms with van der Waals surface area (Å²) in [6.07, 6.45) is 0. The number of oxime groups is 2. The molecule has 4 atom stereocenters. The van der Waals surface area contributed by atoms with Gasteiger partial charge in [0.1, 0.15) is 44.2 Å². The summed E-state index contributed by atoms with van der Waals surface area (Å²) >= 11 is 9.97. The van der Waals surface area contributed by atoms with Gasteiger partial charge in [-0.15, -0.1) is 66.6 Å². The Morgan fingerprint density at radius 1 is 0.703 bits per heavy atom. The first-order valence-corrected chi connectivity index (χ1v) is 27.3. The Labute approximate surface area is 493 Å². The van der Waals surface area contributed by atoms with Crippen molar-refractivity contribution in [2.45, 2.75) is 45.4 Å². The number of carboxylic acid groups (broad SMARTS) is 4. The van der Waals surface area contributed by atoms with Gasteiger partial charge in [0.15, 0.2) is 30.4 Å². The number of aromatic nitrogens is 6. The minimum Gasteiger partial charge on any atom is -0.543 e. The second kappa shape index (κ2) is 27.0. The van der Waals surface area contributed by atoms with Gasteiger partial charge in [0.05, 0.1) is 23.3 Å². The number of carbonyl (C=O) groups is 8. The third kappa shape index (κ3) is 14.5. The van der Waals surface area contributed by atoms with Gasteiger partial charge in [-0.1, -0.05) is 56.5 Å². The number of aryl methyl sites for hydroxylation is 2. The molecule has 4 aromatic rings. The predicted molar refractivity (Wildman–Crippen MR) is 258 cm³/mol. The molecule has 0 spiro atoms. The number of carbonyl (C=O) groups excluding carboxylic acids is 6. The van der Waals surface area contributed by atoms with Gasteiger partial charge in [-0.05, 0) is 25.0 Å². The van der Waals surface area contributed by atoms with Crippen LogP contribution in [0.1, 0.15) is 21.4 Å². The van der Waals surface area contributed by atoms with Crippen LogP contribution in [0.5, 0.6) is 0 Å². The Hall–Kier alpha value is -4.44. The summed E-state index contributed by atoms with van der Waals surface area (Å²) in [6, 6.07) is -2.12. The molecular formula is C36H32N14Na2O14S8. The van der Waals surface area contributed by atoms with E-state index >= 15 is 0 Å². The van der Waals surface area contributed by atoms with Crippen LogP contribution < -0.4 is 91.4 Å². The second-order valence-corrected chi connectivity index (χ2v) is 23.1. The van der Waals surface area contributed by atoms with Crippen molar-refractivity contribution in [3.63, 3.8) is 0 Å². The van der Waals surface area contributed by atoms with E-state index in [1.807, 2.05) is 0 Å². The van der Waals surface area contributed by atoms with Crippen LogP contribution in [0.3, 0.4) is 0 Å². The standard InChI is InChI=1S/2C18H17N7O7S4.2Na/c2*1-6-22-23-18(36-6)35-4-7-3-33-15-11(14(29)25(15)12(7)16(30)31)21-13(28)10(24-32-2-9(26)27)8-5-34-17(19)20-8;;/h2*5,11,15H,2-4H2,1H3,(H2,19,20)(H,21,28)(H,26,27)(H,30,31);;/q;;2*+1/p-2/t2*11?,15-;;/m11../s1. The number of nitrogens with one attached hydrogen (secondary N) is 2. The zero-order valence-corrected chi connectivity index (χ0v) is 48.9. The average molecular weight is 1190 g/mol. The average Bonchev–Trinajstić information content (AvgIpc) is 4.17. The molecule has 74 heavy (non-hydrogen) atoms. The number of thioether (sulfide) groups is 4. The first-order valence-electron chi connectivity index (χ1n) is 19.8. The van der Waals surface area contributed by atoms with Crippen molar-refractivity contribution in [2.24, 2.45) is 10.3 Å². The van der Waals surface area contributed by atoms with Gasteiger partial charge in [-0.25, -0.2) is 19.6 Å². The van der Waals surface area contributed by atoms with Gasteiger partial charge >= 0.3 is 71.1 Å². The summed E-state index contributed by atoms with van der Waals surface area (Å²) < 4.78 is 1.34. The second-order valence-electron chi connectivity index (χ2n) is 14.3. The quantitative estimate of drug-likeness (QED) is 0.0157. The number of aliphatic carboxylic acids is 4. The first-order chi connectivity index (χ1) is 34.3. The molecule has 2 saturated heterocycles. The Kier molecular flexibility index (Phi) is 22.1. The van der Waals surface area contributed by atoms with E-state index in [4.69, 9.17) is 21.7 Å². The number of anilines is 2. The van der Waals surface area contributed by atoms with E-state index in [1.54, 1.807) is 13.8 Å². The van der Waals surface area contributed by atoms with E-state index in [0.717, 1.165) is 42.5 Å². The number of nitrogens with two attached hydrogens (primary N) is 2. The normalized spacial score (nSPS) is 19.0. The number of fused-ring (bicyclic) bond motifs is 2. The largest absolute Gasteiger partial charge is 1.00 e. The van der Waals surface area contributed by atoms with Crippen molar-refractivity contribution in [2.75, 3.05) is 47.7 Å². The summed E-state index contributed by atoms with van der Waals surface area (Å²) in [5, 5.41) is 72.6. The van der Waals surface area contributed by atoms with Gasteiger partial charge in [0, 0.05) is 33.8 Å². The van der Waals surface area contributed by atoms with Crippen LogP contribution in [-0.2, 0) is 48.0 Å². The molecule has 28 nitrogen and oxygen atoms in total. The molecule has 8 heterocycles. The van der Waals surface area contributed by atoms with E-state index < -0.39 is 83.6 Å². The van der Waals surface area contributed by atoms with E-state index in [-0.39, 0.29) is 115 Å². The molecular weight excluding hydrogens is 1150 g/mol. The van der Waals surface area contributed by atoms with Crippen LogP contribution in [0.25, 0.3) is 0 Å². The molecule has 0 bridgehead atoms. The van der Waals surface area contributed by atoms with Crippen molar-refractivity contribution >= 4 is 162 Å². The smallest absolute Gasteiger partial charge is 0.543 e. The molecule has 8 rings (SSSR count). The number of β-lactam (4-membered cyclic amide) rings is 2. The zero-order valence-electron chi connectivity index (χ0n) is 38.4. The van der Waals surface area contributed by atoms with Gasteiger partial charge in [-0.3, -0.25) is 29.0 Å². The maximum Gasteiger partial charge on any atom is 1.00 e.